The molecule has 2 amide bonds. The highest BCUT2D eigenvalue weighted by atomic mass is 32.1. The Kier molecular flexibility index (Phi) is 5.26. The monoisotopic (exact) mass is 320 g/mol. The average molecular weight is 320 g/mol. The van der Waals surface area contributed by atoms with Crippen molar-refractivity contribution < 1.29 is 4.79 Å². The highest BCUT2D eigenvalue weighted by Gasteiger charge is 2.13. The minimum absolute atomic E-state index is 0.171. The Morgan fingerprint density at radius 2 is 2.23 bits per heavy atom. The summed E-state index contributed by atoms with van der Waals surface area (Å²) in [6.07, 6.45) is 3.03. The lowest BCUT2D eigenvalue weighted by Gasteiger charge is -2.16. The van der Waals surface area contributed by atoms with E-state index in [1.807, 2.05) is 38.2 Å². The van der Waals surface area contributed by atoms with Crippen molar-refractivity contribution >= 4 is 28.9 Å². The van der Waals surface area contributed by atoms with Gasteiger partial charge in [0.2, 0.25) is 0 Å². The number of hydrogen-bond donors (Lipinski definition) is 2. The summed E-state index contributed by atoms with van der Waals surface area (Å²) < 4.78 is 0. The molecule has 0 spiro atoms. The van der Waals surface area contributed by atoms with Crippen molar-refractivity contribution in [2.45, 2.75) is 19.8 Å². The molecule has 0 fully saturated rings. The fourth-order valence-electron chi connectivity index (χ4n) is 1.87. The second-order valence-corrected chi connectivity index (χ2v) is 6.11. The SMILES string of the molecule is Cc1csc(C(C)CNC(=O)Nc2cncnc2N(C)C)n1. The van der Waals surface area contributed by atoms with Gasteiger partial charge in [0.15, 0.2) is 5.82 Å². The number of carbonyl (C=O) groups excluding carboxylic acids is 1. The average Bonchev–Trinajstić information content (AvgIpc) is 2.92. The molecule has 0 aliphatic heterocycles. The molecule has 0 saturated carbocycles. The van der Waals surface area contributed by atoms with Crippen LogP contribution in [0.15, 0.2) is 17.9 Å². The smallest absolute Gasteiger partial charge is 0.319 e. The van der Waals surface area contributed by atoms with Gasteiger partial charge in [0.05, 0.1) is 11.2 Å². The molecule has 2 aromatic heterocycles. The summed E-state index contributed by atoms with van der Waals surface area (Å²) >= 11 is 1.61. The Balaban J connectivity index is 1.91. The molecule has 8 heteroatoms. The second kappa shape index (κ2) is 7.17. The number of aromatic nitrogens is 3. The minimum Gasteiger partial charge on any atom is -0.361 e. The predicted molar refractivity (Wildman–Crippen MR) is 88.6 cm³/mol. The quantitative estimate of drug-likeness (QED) is 0.883. The van der Waals surface area contributed by atoms with Crippen molar-refractivity contribution in [3.05, 3.63) is 28.6 Å². The molecule has 0 aromatic carbocycles. The van der Waals surface area contributed by atoms with E-state index >= 15 is 0 Å². The van der Waals surface area contributed by atoms with Crippen LogP contribution in [0.1, 0.15) is 23.5 Å². The van der Waals surface area contributed by atoms with E-state index in [9.17, 15) is 4.79 Å². The number of aryl methyl sites for hydroxylation is 1. The van der Waals surface area contributed by atoms with Crippen molar-refractivity contribution in [2.24, 2.45) is 0 Å². The van der Waals surface area contributed by atoms with Gasteiger partial charge < -0.3 is 15.5 Å². The molecule has 0 aliphatic carbocycles. The summed E-state index contributed by atoms with van der Waals surface area (Å²) in [7, 11) is 3.72. The number of amides is 2. The van der Waals surface area contributed by atoms with Crippen molar-refractivity contribution in [1.82, 2.24) is 20.3 Å². The Morgan fingerprint density at radius 1 is 1.45 bits per heavy atom. The summed E-state index contributed by atoms with van der Waals surface area (Å²) in [6, 6.07) is -0.280. The summed E-state index contributed by atoms with van der Waals surface area (Å²) in [5, 5.41) is 8.65. The lowest BCUT2D eigenvalue weighted by Crippen LogP contribution is -2.32. The number of hydrogen-bond acceptors (Lipinski definition) is 6. The highest BCUT2D eigenvalue weighted by molar-refractivity contribution is 7.09. The van der Waals surface area contributed by atoms with E-state index < -0.39 is 0 Å². The van der Waals surface area contributed by atoms with Crippen molar-refractivity contribution in [1.29, 1.82) is 0 Å². The molecule has 118 valence electrons. The van der Waals surface area contributed by atoms with Gasteiger partial charge in [-0.1, -0.05) is 6.92 Å². The Bertz CT molecular complexity index is 642. The number of nitrogens with one attached hydrogen (secondary N) is 2. The third kappa shape index (κ3) is 4.14. The zero-order chi connectivity index (χ0) is 16.1. The minimum atomic E-state index is -0.280. The first-order valence-corrected chi connectivity index (χ1v) is 7.79. The van der Waals surface area contributed by atoms with E-state index in [4.69, 9.17) is 0 Å². The zero-order valence-electron chi connectivity index (χ0n) is 13.1. The van der Waals surface area contributed by atoms with Crippen LogP contribution in [0.4, 0.5) is 16.3 Å². The molecule has 2 heterocycles. The van der Waals surface area contributed by atoms with Gasteiger partial charge in [0, 0.05) is 37.6 Å². The van der Waals surface area contributed by atoms with E-state index in [-0.39, 0.29) is 11.9 Å². The highest BCUT2D eigenvalue weighted by Crippen LogP contribution is 2.20. The van der Waals surface area contributed by atoms with E-state index in [1.165, 1.54) is 6.33 Å². The number of carbonyl (C=O) groups is 1. The van der Waals surface area contributed by atoms with Gasteiger partial charge in [-0.05, 0) is 6.92 Å². The maximum absolute atomic E-state index is 12.0. The van der Waals surface area contributed by atoms with Crippen LogP contribution in [-0.4, -0.2) is 41.6 Å². The van der Waals surface area contributed by atoms with Crippen molar-refractivity contribution in [3.63, 3.8) is 0 Å². The van der Waals surface area contributed by atoms with Gasteiger partial charge in [-0.2, -0.15) is 0 Å². The Hall–Kier alpha value is -2.22. The number of anilines is 2. The standard InChI is InChI=1S/C14H20N6OS/c1-9(13-18-10(2)7-22-13)5-16-14(21)19-11-6-15-8-17-12(11)20(3)4/h6-9H,5H2,1-4H3,(H2,16,19,21). The lowest BCUT2D eigenvalue weighted by molar-refractivity contribution is 0.251. The summed E-state index contributed by atoms with van der Waals surface area (Å²) in [5.74, 6) is 0.832. The third-order valence-corrected chi connectivity index (χ3v) is 4.18. The van der Waals surface area contributed by atoms with Gasteiger partial charge in [0.1, 0.15) is 12.0 Å². The molecule has 2 rings (SSSR count). The summed E-state index contributed by atoms with van der Waals surface area (Å²) in [5.41, 5.74) is 1.58. The van der Waals surface area contributed by atoms with Crippen molar-refractivity contribution in [3.8, 4) is 0 Å². The lowest BCUT2D eigenvalue weighted by atomic mass is 10.2. The summed E-state index contributed by atoms with van der Waals surface area (Å²) in [4.78, 5) is 26.3. The maximum atomic E-state index is 12.0. The van der Waals surface area contributed by atoms with Gasteiger partial charge >= 0.3 is 6.03 Å². The first-order chi connectivity index (χ1) is 10.5. The van der Waals surface area contributed by atoms with Crippen LogP contribution in [0.5, 0.6) is 0 Å². The third-order valence-electron chi connectivity index (χ3n) is 2.99. The van der Waals surface area contributed by atoms with Crippen LogP contribution in [0.2, 0.25) is 0 Å². The topological polar surface area (TPSA) is 83.0 Å². The first kappa shape index (κ1) is 16.2. The Labute approximate surface area is 133 Å². The molecule has 0 bridgehead atoms. The molecular weight excluding hydrogens is 300 g/mol. The maximum Gasteiger partial charge on any atom is 0.319 e. The molecule has 7 nitrogen and oxygen atoms in total. The second-order valence-electron chi connectivity index (χ2n) is 5.22. The van der Waals surface area contributed by atoms with Crippen molar-refractivity contribution in [2.75, 3.05) is 30.9 Å². The van der Waals surface area contributed by atoms with Gasteiger partial charge in [-0.3, -0.25) is 0 Å². The van der Waals surface area contributed by atoms with E-state index in [0.29, 0.717) is 18.1 Å². The van der Waals surface area contributed by atoms with Crippen LogP contribution in [0.25, 0.3) is 0 Å². The molecule has 1 atom stereocenters. The normalized spacial score (nSPS) is 11.8. The molecule has 1 unspecified atom stereocenters. The largest absolute Gasteiger partial charge is 0.361 e. The van der Waals surface area contributed by atoms with Gasteiger partial charge in [-0.25, -0.2) is 19.7 Å². The van der Waals surface area contributed by atoms with E-state index in [2.05, 4.69) is 25.6 Å². The number of nitrogens with zero attached hydrogens (tertiary/aromatic N) is 4. The molecule has 0 aliphatic rings. The molecule has 0 saturated heterocycles. The van der Waals surface area contributed by atoms with Gasteiger partial charge in [0.25, 0.3) is 0 Å². The predicted octanol–water partition coefficient (Wildman–Crippen LogP) is 2.23. The fourth-order valence-corrected chi connectivity index (χ4v) is 2.72. The van der Waals surface area contributed by atoms with Crippen LogP contribution in [-0.2, 0) is 0 Å². The zero-order valence-corrected chi connectivity index (χ0v) is 13.9. The van der Waals surface area contributed by atoms with Crippen LogP contribution in [0, 0.1) is 6.92 Å². The number of thiazole rings is 1. The van der Waals surface area contributed by atoms with Gasteiger partial charge in [-0.15, -0.1) is 11.3 Å². The molecule has 2 aromatic rings. The fraction of sp³-hybridized carbons (Fsp3) is 0.429. The van der Waals surface area contributed by atoms with Crippen LogP contribution >= 0.6 is 11.3 Å². The molecule has 0 radical (unpaired) electrons. The van der Waals surface area contributed by atoms with Crippen LogP contribution < -0.4 is 15.5 Å². The molecular formula is C14H20N6OS. The van der Waals surface area contributed by atoms with E-state index in [1.54, 1.807) is 17.5 Å². The number of rotatable bonds is 5. The molecule has 22 heavy (non-hydrogen) atoms. The van der Waals surface area contributed by atoms with Crippen LogP contribution in [0.3, 0.4) is 0 Å². The first-order valence-electron chi connectivity index (χ1n) is 6.91. The Morgan fingerprint density at radius 3 is 2.86 bits per heavy atom. The number of urea groups is 1. The van der Waals surface area contributed by atoms with E-state index in [0.717, 1.165) is 10.7 Å². The summed E-state index contributed by atoms with van der Waals surface area (Å²) in [6.45, 7) is 4.52. The molecule has 2 N–H and O–H groups in total.